The molecule has 0 aromatic heterocycles. The summed E-state index contributed by atoms with van der Waals surface area (Å²) in [6, 6.07) is -1.64. The van der Waals surface area contributed by atoms with Crippen LogP contribution in [-0.4, -0.2) is 58.9 Å². The second-order valence-electron chi connectivity index (χ2n) is 4.73. The molecule has 0 spiro atoms. The fourth-order valence-corrected chi connectivity index (χ4v) is 2.09. The number of aliphatic carboxylic acids is 1. The van der Waals surface area contributed by atoms with Crippen LogP contribution in [0.1, 0.15) is 26.7 Å². The topological polar surface area (TPSA) is 116 Å². The average molecular weight is 285 g/mol. The molecule has 1 saturated heterocycles. The van der Waals surface area contributed by atoms with Crippen LogP contribution in [0.3, 0.4) is 0 Å². The molecule has 0 aliphatic carbocycles. The molecular weight excluding hydrogens is 266 g/mol. The van der Waals surface area contributed by atoms with Crippen molar-refractivity contribution in [1.82, 2.24) is 15.5 Å². The van der Waals surface area contributed by atoms with E-state index in [0.29, 0.717) is 19.4 Å². The summed E-state index contributed by atoms with van der Waals surface area (Å²) >= 11 is 0. The van der Waals surface area contributed by atoms with Crippen LogP contribution in [0, 0.1) is 0 Å². The molecule has 0 saturated carbocycles. The molecule has 112 valence electrons. The molecule has 0 unspecified atom stereocenters. The number of rotatable bonds is 5. The normalized spacial score (nSPS) is 19.3. The van der Waals surface area contributed by atoms with E-state index in [-0.39, 0.29) is 12.5 Å². The number of amides is 3. The first-order valence-corrected chi connectivity index (χ1v) is 6.40. The van der Waals surface area contributed by atoms with Crippen LogP contribution in [0.25, 0.3) is 0 Å². The predicted molar refractivity (Wildman–Crippen MR) is 68.7 cm³/mol. The van der Waals surface area contributed by atoms with Gasteiger partial charge in [0.05, 0.1) is 6.54 Å². The van der Waals surface area contributed by atoms with Gasteiger partial charge in [-0.2, -0.15) is 0 Å². The Labute approximate surface area is 116 Å². The first kappa shape index (κ1) is 15.9. The molecular formula is C12H19N3O5. The lowest BCUT2D eigenvalue weighted by Crippen LogP contribution is -2.51. The van der Waals surface area contributed by atoms with E-state index >= 15 is 0 Å². The Balaban J connectivity index is 2.52. The van der Waals surface area contributed by atoms with Gasteiger partial charge in [0.15, 0.2) is 0 Å². The molecule has 0 aromatic rings. The second-order valence-corrected chi connectivity index (χ2v) is 4.73. The number of carbonyl (C=O) groups is 4. The third-order valence-corrected chi connectivity index (χ3v) is 3.07. The number of hydrogen-bond acceptors (Lipinski definition) is 4. The summed E-state index contributed by atoms with van der Waals surface area (Å²) in [5.74, 6) is -2.30. The molecule has 8 nitrogen and oxygen atoms in total. The summed E-state index contributed by atoms with van der Waals surface area (Å²) in [6.45, 7) is 2.94. The number of carboxylic acids is 1. The highest BCUT2D eigenvalue weighted by Gasteiger charge is 2.36. The first-order chi connectivity index (χ1) is 9.32. The Kier molecular flexibility index (Phi) is 5.48. The maximum absolute atomic E-state index is 12.1. The summed E-state index contributed by atoms with van der Waals surface area (Å²) in [5, 5.41) is 13.8. The lowest BCUT2D eigenvalue weighted by Gasteiger charge is -2.25. The van der Waals surface area contributed by atoms with Crippen molar-refractivity contribution in [3.05, 3.63) is 0 Å². The summed E-state index contributed by atoms with van der Waals surface area (Å²) in [6.07, 6.45) is 1.06. The van der Waals surface area contributed by atoms with E-state index in [9.17, 15) is 19.2 Å². The van der Waals surface area contributed by atoms with Gasteiger partial charge in [-0.1, -0.05) is 0 Å². The number of carboxylic acid groups (broad SMARTS) is 1. The van der Waals surface area contributed by atoms with Gasteiger partial charge in [-0.15, -0.1) is 0 Å². The number of carbonyl (C=O) groups excluding carboxylic acids is 3. The average Bonchev–Trinajstić information content (AvgIpc) is 2.84. The number of nitrogens with zero attached hydrogens (tertiary/aromatic N) is 1. The van der Waals surface area contributed by atoms with Crippen molar-refractivity contribution in [2.75, 3.05) is 13.1 Å². The minimum atomic E-state index is -1.03. The third kappa shape index (κ3) is 4.22. The number of likely N-dealkylation sites (tertiary alicyclic amines) is 1. The lowest BCUT2D eigenvalue weighted by molar-refractivity contribution is -0.149. The van der Waals surface area contributed by atoms with Crippen molar-refractivity contribution in [2.24, 2.45) is 0 Å². The van der Waals surface area contributed by atoms with E-state index in [0.717, 1.165) is 0 Å². The molecule has 3 amide bonds. The van der Waals surface area contributed by atoms with Crippen molar-refractivity contribution in [3.8, 4) is 0 Å². The van der Waals surface area contributed by atoms with Gasteiger partial charge < -0.3 is 20.6 Å². The highest BCUT2D eigenvalue weighted by molar-refractivity contribution is 5.91. The molecule has 0 aromatic carbocycles. The van der Waals surface area contributed by atoms with Crippen molar-refractivity contribution >= 4 is 23.7 Å². The van der Waals surface area contributed by atoms with Gasteiger partial charge in [-0.25, -0.2) is 4.79 Å². The van der Waals surface area contributed by atoms with Crippen LogP contribution in [0.2, 0.25) is 0 Å². The van der Waals surface area contributed by atoms with E-state index in [1.165, 1.54) is 18.7 Å². The van der Waals surface area contributed by atoms with Gasteiger partial charge in [0.1, 0.15) is 12.1 Å². The molecule has 1 aliphatic rings. The molecule has 1 rings (SSSR count). The van der Waals surface area contributed by atoms with Crippen LogP contribution in [0.4, 0.5) is 0 Å². The Morgan fingerprint density at radius 3 is 2.55 bits per heavy atom. The molecule has 0 radical (unpaired) electrons. The molecule has 1 fully saturated rings. The summed E-state index contributed by atoms with van der Waals surface area (Å²) in [4.78, 5) is 46.5. The fourth-order valence-electron chi connectivity index (χ4n) is 2.09. The predicted octanol–water partition coefficient (Wildman–Crippen LogP) is -1.30. The summed E-state index contributed by atoms with van der Waals surface area (Å²) in [5.41, 5.74) is 0. The Bertz CT molecular complexity index is 423. The quantitative estimate of drug-likeness (QED) is 0.581. The van der Waals surface area contributed by atoms with Crippen molar-refractivity contribution in [2.45, 2.75) is 38.8 Å². The van der Waals surface area contributed by atoms with Crippen molar-refractivity contribution in [1.29, 1.82) is 0 Å². The standard InChI is InChI=1S/C12H19N3O5/c1-7(14-10(17)6-13-8(2)16)11(18)15-5-3-4-9(15)12(19)20/h7,9H,3-6H2,1-2H3,(H,13,16)(H,14,17)(H,19,20)/t7-,9-/m0/s1. The van der Waals surface area contributed by atoms with Gasteiger partial charge >= 0.3 is 5.97 Å². The van der Waals surface area contributed by atoms with Gasteiger partial charge in [0.25, 0.3) is 0 Å². The van der Waals surface area contributed by atoms with E-state index in [1.807, 2.05) is 0 Å². The molecule has 0 bridgehead atoms. The van der Waals surface area contributed by atoms with E-state index in [2.05, 4.69) is 10.6 Å². The van der Waals surface area contributed by atoms with Gasteiger partial charge in [0.2, 0.25) is 17.7 Å². The Hall–Kier alpha value is -2.12. The monoisotopic (exact) mass is 285 g/mol. The fraction of sp³-hybridized carbons (Fsp3) is 0.667. The zero-order valence-corrected chi connectivity index (χ0v) is 11.5. The zero-order valence-electron chi connectivity index (χ0n) is 11.5. The van der Waals surface area contributed by atoms with Gasteiger partial charge in [0, 0.05) is 13.5 Å². The molecule has 8 heteroatoms. The number of nitrogens with one attached hydrogen (secondary N) is 2. The largest absolute Gasteiger partial charge is 0.480 e. The molecule has 20 heavy (non-hydrogen) atoms. The maximum atomic E-state index is 12.1. The highest BCUT2D eigenvalue weighted by atomic mass is 16.4. The third-order valence-electron chi connectivity index (χ3n) is 3.07. The van der Waals surface area contributed by atoms with Crippen LogP contribution in [0.5, 0.6) is 0 Å². The van der Waals surface area contributed by atoms with E-state index < -0.39 is 29.9 Å². The van der Waals surface area contributed by atoms with Gasteiger partial charge in [-0.05, 0) is 19.8 Å². The van der Waals surface area contributed by atoms with Crippen LogP contribution < -0.4 is 10.6 Å². The smallest absolute Gasteiger partial charge is 0.326 e. The van der Waals surface area contributed by atoms with Crippen LogP contribution in [-0.2, 0) is 19.2 Å². The Morgan fingerprint density at radius 1 is 1.35 bits per heavy atom. The minimum Gasteiger partial charge on any atom is -0.480 e. The minimum absolute atomic E-state index is 0.213. The summed E-state index contributed by atoms with van der Waals surface area (Å²) < 4.78 is 0. The Morgan fingerprint density at radius 2 is 2.00 bits per heavy atom. The van der Waals surface area contributed by atoms with E-state index in [1.54, 1.807) is 0 Å². The highest BCUT2D eigenvalue weighted by Crippen LogP contribution is 2.18. The van der Waals surface area contributed by atoms with Crippen molar-refractivity contribution in [3.63, 3.8) is 0 Å². The lowest BCUT2D eigenvalue weighted by atomic mass is 10.2. The SMILES string of the molecule is CC(=O)NCC(=O)N[C@@H](C)C(=O)N1CCC[C@H]1C(=O)O. The van der Waals surface area contributed by atoms with Gasteiger partial charge in [-0.3, -0.25) is 14.4 Å². The molecule has 3 N–H and O–H groups in total. The molecule has 1 aliphatic heterocycles. The van der Waals surface area contributed by atoms with Crippen LogP contribution in [0.15, 0.2) is 0 Å². The zero-order chi connectivity index (χ0) is 15.3. The molecule has 1 heterocycles. The van der Waals surface area contributed by atoms with Crippen molar-refractivity contribution < 1.29 is 24.3 Å². The van der Waals surface area contributed by atoms with Crippen LogP contribution >= 0.6 is 0 Å². The number of hydrogen-bond donors (Lipinski definition) is 3. The maximum Gasteiger partial charge on any atom is 0.326 e. The summed E-state index contributed by atoms with van der Waals surface area (Å²) in [7, 11) is 0. The second kappa shape index (κ2) is 6.88. The molecule has 2 atom stereocenters. The first-order valence-electron chi connectivity index (χ1n) is 6.40. The van der Waals surface area contributed by atoms with E-state index in [4.69, 9.17) is 5.11 Å².